The van der Waals surface area contributed by atoms with E-state index in [-0.39, 0.29) is 18.9 Å². The number of hydrogen-bond acceptors (Lipinski definition) is 6. The zero-order valence-corrected chi connectivity index (χ0v) is 16.3. The van der Waals surface area contributed by atoms with E-state index >= 15 is 0 Å². The lowest BCUT2D eigenvalue weighted by Crippen LogP contribution is -2.33. The number of amides is 2. The van der Waals surface area contributed by atoms with Gasteiger partial charge in [0.15, 0.2) is 6.10 Å². The van der Waals surface area contributed by atoms with Crippen LogP contribution in [0.5, 0.6) is 0 Å². The van der Waals surface area contributed by atoms with E-state index in [4.69, 9.17) is 10.00 Å². The highest BCUT2D eigenvalue weighted by Crippen LogP contribution is 2.27. The maximum atomic E-state index is 12.4. The number of benzene rings is 1. The third-order valence-electron chi connectivity index (χ3n) is 4.49. The molecule has 0 saturated carbocycles. The summed E-state index contributed by atoms with van der Waals surface area (Å²) in [5.74, 6) is -1.88. The molecule has 0 unspecified atom stereocenters. The Kier molecular flexibility index (Phi) is 5.76. The van der Waals surface area contributed by atoms with Gasteiger partial charge < -0.3 is 15.0 Å². The highest BCUT2D eigenvalue weighted by atomic mass is 32.1. The molecule has 1 aliphatic rings. The zero-order valence-electron chi connectivity index (χ0n) is 15.5. The normalized spacial score (nSPS) is 17.1. The van der Waals surface area contributed by atoms with Crippen LogP contribution in [0.15, 0.2) is 35.7 Å². The van der Waals surface area contributed by atoms with Gasteiger partial charge in [-0.25, -0.2) is 0 Å². The molecule has 0 radical (unpaired) electrons. The van der Waals surface area contributed by atoms with Crippen LogP contribution in [0.1, 0.15) is 24.5 Å². The minimum absolute atomic E-state index is 0.0462. The van der Waals surface area contributed by atoms with Gasteiger partial charge in [-0.1, -0.05) is 17.7 Å². The number of esters is 1. The first kappa shape index (κ1) is 19.6. The maximum absolute atomic E-state index is 12.4. The van der Waals surface area contributed by atoms with Gasteiger partial charge >= 0.3 is 5.97 Å². The van der Waals surface area contributed by atoms with Gasteiger partial charge in [0.05, 0.1) is 11.5 Å². The lowest BCUT2D eigenvalue weighted by Gasteiger charge is -2.18. The molecule has 1 aliphatic heterocycles. The van der Waals surface area contributed by atoms with Crippen LogP contribution in [0.25, 0.3) is 0 Å². The Labute approximate surface area is 166 Å². The summed E-state index contributed by atoms with van der Waals surface area (Å²) in [4.78, 5) is 38.5. The zero-order chi connectivity index (χ0) is 20.3. The van der Waals surface area contributed by atoms with Crippen molar-refractivity contribution < 1.29 is 19.1 Å². The van der Waals surface area contributed by atoms with Crippen molar-refractivity contribution in [3.8, 4) is 6.07 Å². The Balaban J connectivity index is 1.58. The topological polar surface area (TPSA) is 99.5 Å². The van der Waals surface area contributed by atoms with E-state index in [0.717, 1.165) is 11.3 Å². The van der Waals surface area contributed by atoms with Gasteiger partial charge in [0, 0.05) is 18.7 Å². The molecule has 0 bridgehead atoms. The van der Waals surface area contributed by atoms with E-state index in [0.29, 0.717) is 10.6 Å². The molecule has 28 heavy (non-hydrogen) atoms. The Morgan fingerprint density at radius 3 is 2.71 bits per heavy atom. The van der Waals surface area contributed by atoms with Crippen LogP contribution in [0.4, 0.5) is 10.7 Å². The molecule has 1 aromatic carbocycles. The van der Waals surface area contributed by atoms with Crippen molar-refractivity contribution in [2.75, 3.05) is 16.8 Å². The largest absolute Gasteiger partial charge is 0.452 e. The molecule has 1 N–H and O–H groups in total. The van der Waals surface area contributed by atoms with Gasteiger partial charge in [-0.15, -0.1) is 11.3 Å². The summed E-state index contributed by atoms with van der Waals surface area (Å²) in [6.07, 6.45) is -0.991. The summed E-state index contributed by atoms with van der Waals surface area (Å²) >= 11 is 1.22. The van der Waals surface area contributed by atoms with E-state index in [9.17, 15) is 14.4 Å². The Hall–Kier alpha value is -3.18. The first-order chi connectivity index (χ1) is 13.4. The molecule has 7 nitrogen and oxygen atoms in total. The van der Waals surface area contributed by atoms with E-state index in [1.54, 1.807) is 16.3 Å². The third-order valence-corrected chi connectivity index (χ3v) is 5.32. The molecule has 1 saturated heterocycles. The van der Waals surface area contributed by atoms with Gasteiger partial charge in [-0.3, -0.25) is 14.4 Å². The van der Waals surface area contributed by atoms with Crippen LogP contribution in [-0.4, -0.2) is 30.4 Å². The second-order valence-corrected chi connectivity index (χ2v) is 7.50. The Morgan fingerprint density at radius 1 is 1.32 bits per heavy atom. The van der Waals surface area contributed by atoms with Gasteiger partial charge in [-0.2, -0.15) is 5.26 Å². The first-order valence-electron chi connectivity index (χ1n) is 8.75. The van der Waals surface area contributed by atoms with Gasteiger partial charge in [0.25, 0.3) is 5.91 Å². The standard InChI is InChI=1S/C20H19N3O4S/c1-12-3-5-16(6-4-12)23-11-15(9-17(23)24)20(26)27-13(2)18(25)22-19-14(10-21)7-8-28-19/h3-8,13,15H,9,11H2,1-2H3,(H,22,25)/t13-,15+/m0/s1. The molecule has 2 atom stereocenters. The summed E-state index contributed by atoms with van der Waals surface area (Å²) in [5, 5.41) is 13.7. The lowest BCUT2D eigenvalue weighted by atomic mass is 10.1. The number of ether oxygens (including phenoxy) is 1. The van der Waals surface area contributed by atoms with Crippen LogP contribution >= 0.6 is 11.3 Å². The smallest absolute Gasteiger partial charge is 0.312 e. The molecular weight excluding hydrogens is 378 g/mol. The van der Waals surface area contributed by atoms with Gasteiger partial charge in [0.1, 0.15) is 11.1 Å². The molecule has 0 aliphatic carbocycles. The van der Waals surface area contributed by atoms with E-state index in [2.05, 4.69) is 5.32 Å². The molecule has 2 aromatic rings. The molecule has 3 rings (SSSR count). The fraction of sp³-hybridized carbons (Fsp3) is 0.300. The van der Waals surface area contributed by atoms with Crippen molar-refractivity contribution in [1.29, 1.82) is 5.26 Å². The quantitative estimate of drug-likeness (QED) is 0.782. The summed E-state index contributed by atoms with van der Waals surface area (Å²) in [5.41, 5.74) is 2.17. The number of rotatable bonds is 5. The highest BCUT2D eigenvalue weighted by molar-refractivity contribution is 7.14. The van der Waals surface area contributed by atoms with E-state index < -0.39 is 23.9 Å². The monoisotopic (exact) mass is 397 g/mol. The van der Waals surface area contributed by atoms with Crippen LogP contribution in [0.2, 0.25) is 0 Å². The first-order valence-corrected chi connectivity index (χ1v) is 9.63. The fourth-order valence-electron chi connectivity index (χ4n) is 2.87. The van der Waals surface area contributed by atoms with Crippen LogP contribution in [0, 0.1) is 24.2 Å². The lowest BCUT2D eigenvalue weighted by molar-refractivity contribution is -0.157. The Morgan fingerprint density at radius 2 is 2.04 bits per heavy atom. The molecule has 1 aromatic heterocycles. The number of carbonyl (C=O) groups is 3. The van der Waals surface area contributed by atoms with Crippen molar-refractivity contribution in [3.05, 3.63) is 46.8 Å². The van der Waals surface area contributed by atoms with Crippen molar-refractivity contribution in [2.24, 2.45) is 5.92 Å². The molecule has 2 heterocycles. The van der Waals surface area contributed by atoms with Gasteiger partial charge in [0.2, 0.25) is 5.91 Å². The number of aryl methyl sites for hydroxylation is 1. The number of nitrogens with zero attached hydrogens (tertiary/aromatic N) is 2. The summed E-state index contributed by atoms with van der Waals surface area (Å²) in [6, 6.07) is 11.1. The predicted octanol–water partition coefficient (Wildman–Crippen LogP) is 2.85. The number of anilines is 2. The summed E-state index contributed by atoms with van der Waals surface area (Å²) in [7, 11) is 0. The SMILES string of the molecule is Cc1ccc(N2C[C@H](C(=O)O[C@@H](C)C(=O)Nc3sccc3C#N)CC2=O)cc1. The minimum Gasteiger partial charge on any atom is -0.452 e. The summed E-state index contributed by atoms with van der Waals surface area (Å²) in [6.45, 7) is 3.64. The highest BCUT2D eigenvalue weighted by Gasteiger charge is 2.37. The fourth-order valence-corrected chi connectivity index (χ4v) is 3.61. The van der Waals surface area contributed by atoms with Crippen LogP contribution in [-0.2, 0) is 19.1 Å². The van der Waals surface area contributed by atoms with E-state index in [1.165, 1.54) is 18.3 Å². The summed E-state index contributed by atoms with van der Waals surface area (Å²) < 4.78 is 5.26. The minimum atomic E-state index is -1.04. The number of nitriles is 1. The van der Waals surface area contributed by atoms with E-state index in [1.807, 2.05) is 37.3 Å². The Bertz CT molecular complexity index is 945. The van der Waals surface area contributed by atoms with Crippen molar-refractivity contribution in [1.82, 2.24) is 0 Å². The molecule has 144 valence electrons. The molecule has 8 heteroatoms. The number of nitrogens with one attached hydrogen (secondary N) is 1. The second kappa shape index (κ2) is 8.23. The maximum Gasteiger partial charge on any atom is 0.312 e. The van der Waals surface area contributed by atoms with Crippen molar-refractivity contribution in [3.63, 3.8) is 0 Å². The van der Waals surface area contributed by atoms with Gasteiger partial charge in [-0.05, 0) is 37.4 Å². The third kappa shape index (κ3) is 4.21. The van der Waals surface area contributed by atoms with Crippen molar-refractivity contribution >= 4 is 39.8 Å². The number of hydrogen-bond donors (Lipinski definition) is 1. The molecule has 1 fully saturated rings. The second-order valence-electron chi connectivity index (χ2n) is 6.58. The van der Waals surface area contributed by atoms with Crippen LogP contribution < -0.4 is 10.2 Å². The molecule has 2 amide bonds. The number of thiophene rings is 1. The molecular formula is C20H19N3O4S. The number of carbonyl (C=O) groups excluding carboxylic acids is 3. The van der Waals surface area contributed by atoms with Crippen molar-refractivity contribution in [2.45, 2.75) is 26.4 Å². The average Bonchev–Trinajstić information content (AvgIpc) is 3.28. The molecule has 0 spiro atoms. The van der Waals surface area contributed by atoms with Crippen LogP contribution in [0.3, 0.4) is 0 Å². The average molecular weight is 397 g/mol. The predicted molar refractivity (Wildman–Crippen MR) is 105 cm³/mol.